The Labute approximate surface area is 194 Å². The summed E-state index contributed by atoms with van der Waals surface area (Å²) in [6.45, 7) is 7.28. The van der Waals surface area contributed by atoms with Gasteiger partial charge in [-0.05, 0) is 41.0 Å². The lowest BCUT2D eigenvalue weighted by Gasteiger charge is -2.28. The first-order chi connectivity index (χ1) is 15.6. The maximum atomic E-state index is 12.4. The van der Waals surface area contributed by atoms with E-state index in [9.17, 15) is 19.5 Å². The highest BCUT2D eigenvalue weighted by atomic mass is 16.5. The van der Waals surface area contributed by atoms with Crippen molar-refractivity contribution in [2.24, 2.45) is 5.41 Å². The molecule has 0 fully saturated rings. The molecule has 0 radical (unpaired) electrons. The molecule has 0 heterocycles. The molecule has 1 unspecified atom stereocenters. The molecule has 176 valence electrons. The van der Waals surface area contributed by atoms with E-state index in [2.05, 4.69) is 34.9 Å². The molecule has 1 aliphatic rings. The van der Waals surface area contributed by atoms with Crippen LogP contribution < -0.4 is 10.6 Å². The van der Waals surface area contributed by atoms with Crippen molar-refractivity contribution in [3.05, 3.63) is 59.7 Å². The van der Waals surface area contributed by atoms with Crippen LogP contribution >= 0.6 is 0 Å². The van der Waals surface area contributed by atoms with Gasteiger partial charge in [-0.3, -0.25) is 4.79 Å². The first-order valence-electron chi connectivity index (χ1n) is 11.2. The minimum Gasteiger partial charge on any atom is -0.480 e. The Morgan fingerprint density at radius 3 is 2.03 bits per heavy atom. The maximum Gasteiger partial charge on any atom is 0.407 e. The third-order valence-corrected chi connectivity index (χ3v) is 5.93. The molecule has 1 aliphatic carbocycles. The Balaban J connectivity index is 1.49. The van der Waals surface area contributed by atoms with E-state index < -0.39 is 23.5 Å². The molecule has 0 spiro atoms. The molecule has 0 saturated carbocycles. The lowest BCUT2D eigenvalue weighted by Crippen LogP contribution is -2.49. The average molecular weight is 453 g/mol. The van der Waals surface area contributed by atoms with Gasteiger partial charge in [0.15, 0.2) is 0 Å². The predicted octanol–water partition coefficient (Wildman–Crippen LogP) is 4.31. The number of carboxylic acids is 1. The SMILES string of the molecule is CC(CCC(=O)N[C@@H](C(=O)O)C(C)(C)C)NC(=O)OCC1c2ccccc2-c2ccccc21. The zero-order valence-electron chi connectivity index (χ0n) is 19.6. The molecule has 0 aliphatic heterocycles. The van der Waals surface area contributed by atoms with Crippen molar-refractivity contribution in [1.82, 2.24) is 10.6 Å². The van der Waals surface area contributed by atoms with Crippen LogP contribution in [0.5, 0.6) is 0 Å². The fourth-order valence-corrected chi connectivity index (χ4v) is 4.14. The van der Waals surface area contributed by atoms with Crippen LogP contribution in [0.25, 0.3) is 11.1 Å². The number of rotatable bonds is 8. The Kier molecular flexibility index (Phi) is 7.41. The van der Waals surface area contributed by atoms with Crippen molar-refractivity contribution in [1.29, 1.82) is 0 Å². The van der Waals surface area contributed by atoms with Gasteiger partial charge >= 0.3 is 12.1 Å². The highest BCUT2D eigenvalue weighted by Crippen LogP contribution is 2.44. The van der Waals surface area contributed by atoms with E-state index in [1.807, 2.05) is 24.3 Å². The number of ether oxygens (including phenoxy) is 1. The second-order valence-corrected chi connectivity index (χ2v) is 9.61. The number of amides is 2. The first-order valence-corrected chi connectivity index (χ1v) is 11.2. The summed E-state index contributed by atoms with van der Waals surface area (Å²) in [4.78, 5) is 36.0. The Hall–Kier alpha value is -3.35. The topological polar surface area (TPSA) is 105 Å². The van der Waals surface area contributed by atoms with E-state index in [1.165, 1.54) is 0 Å². The van der Waals surface area contributed by atoms with Crippen molar-refractivity contribution in [2.75, 3.05) is 6.61 Å². The maximum absolute atomic E-state index is 12.4. The zero-order valence-corrected chi connectivity index (χ0v) is 19.6. The van der Waals surface area contributed by atoms with E-state index in [0.29, 0.717) is 6.42 Å². The van der Waals surface area contributed by atoms with Gasteiger partial charge in [-0.2, -0.15) is 0 Å². The summed E-state index contributed by atoms with van der Waals surface area (Å²) >= 11 is 0. The molecule has 2 aromatic carbocycles. The van der Waals surface area contributed by atoms with Crippen LogP contribution in [0.15, 0.2) is 48.5 Å². The van der Waals surface area contributed by atoms with Gasteiger partial charge in [0, 0.05) is 18.4 Å². The second kappa shape index (κ2) is 10.1. The van der Waals surface area contributed by atoms with Crippen molar-refractivity contribution >= 4 is 18.0 Å². The van der Waals surface area contributed by atoms with Crippen molar-refractivity contribution < 1.29 is 24.2 Å². The fraction of sp³-hybridized carbons (Fsp3) is 0.423. The van der Waals surface area contributed by atoms with Crippen LogP contribution in [-0.2, 0) is 14.3 Å². The van der Waals surface area contributed by atoms with E-state index in [0.717, 1.165) is 22.3 Å². The van der Waals surface area contributed by atoms with Crippen LogP contribution in [0, 0.1) is 5.41 Å². The molecule has 3 rings (SSSR count). The third kappa shape index (κ3) is 5.92. The molecule has 7 nitrogen and oxygen atoms in total. The fourth-order valence-electron chi connectivity index (χ4n) is 4.14. The summed E-state index contributed by atoms with van der Waals surface area (Å²) in [7, 11) is 0. The first kappa shape index (κ1) is 24.3. The molecule has 0 aromatic heterocycles. The van der Waals surface area contributed by atoms with Crippen LogP contribution in [0.4, 0.5) is 4.79 Å². The summed E-state index contributed by atoms with van der Waals surface area (Å²) in [6, 6.07) is 15.0. The summed E-state index contributed by atoms with van der Waals surface area (Å²) in [5.41, 5.74) is 4.01. The van der Waals surface area contributed by atoms with Crippen molar-refractivity contribution in [2.45, 2.75) is 58.5 Å². The molecule has 33 heavy (non-hydrogen) atoms. The molecule has 0 saturated heterocycles. The van der Waals surface area contributed by atoms with Crippen LogP contribution in [0.2, 0.25) is 0 Å². The van der Waals surface area contributed by atoms with Gasteiger partial charge in [0.1, 0.15) is 12.6 Å². The second-order valence-electron chi connectivity index (χ2n) is 9.61. The van der Waals surface area contributed by atoms with Gasteiger partial charge in [0.2, 0.25) is 5.91 Å². The number of carbonyl (C=O) groups excluding carboxylic acids is 2. The Morgan fingerprint density at radius 1 is 0.970 bits per heavy atom. The number of carbonyl (C=O) groups is 3. The average Bonchev–Trinajstić information content (AvgIpc) is 3.07. The van der Waals surface area contributed by atoms with Gasteiger partial charge in [0.05, 0.1) is 0 Å². The molecule has 0 bridgehead atoms. The monoisotopic (exact) mass is 452 g/mol. The zero-order chi connectivity index (χ0) is 24.2. The number of aliphatic carboxylic acids is 1. The molecule has 7 heteroatoms. The molecule has 3 N–H and O–H groups in total. The van der Waals surface area contributed by atoms with Crippen LogP contribution in [-0.4, -0.2) is 41.8 Å². The number of hydrogen-bond donors (Lipinski definition) is 3. The van der Waals surface area contributed by atoms with E-state index in [1.54, 1.807) is 27.7 Å². The normalized spacial score (nSPS) is 14.5. The van der Waals surface area contributed by atoms with E-state index in [-0.39, 0.29) is 30.9 Å². The quantitative estimate of drug-likeness (QED) is 0.554. The molecular formula is C26H32N2O5. The van der Waals surface area contributed by atoms with Gasteiger partial charge in [-0.25, -0.2) is 9.59 Å². The van der Waals surface area contributed by atoms with E-state index >= 15 is 0 Å². The van der Waals surface area contributed by atoms with Crippen LogP contribution in [0.1, 0.15) is 57.6 Å². The summed E-state index contributed by atoms with van der Waals surface area (Å²) in [6.07, 6.45) is -0.0696. The summed E-state index contributed by atoms with van der Waals surface area (Å²) in [5.74, 6) is -1.45. The highest BCUT2D eigenvalue weighted by Gasteiger charge is 2.32. The van der Waals surface area contributed by atoms with Crippen molar-refractivity contribution in [3.63, 3.8) is 0 Å². The number of hydrogen-bond acceptors (Lipinski definition) is 4. The number of benzene rings is 2. The lowest BCUT2D eigenvalue weighted by atomic mass is 9.86. The minimum atomic E-state index is -1.07. The van der Waals surface area contributed by atoms with Gasteiger partial charge in [0.25, 0.3) is 0 Å². The smallest absolute Gasteiger partial charge is 0.407 e. The standard InChI is InChI=1S/C26H32N2O5/c1-16(13-14-22(29)28-23(24(30)31)26(2,3)4)27-25(32)33-15-21-19-11-7-5-9-17(19)18-10-6-8-12-20(18)21/h5-12,16,21,23H,13-15H2,1-4H3,(H,27,32)(H,28,29)(H,30,31)/t16?,23-/m0/s1. The molecule has 2 amide bonds. The van der Waals surface area contributed by atoms with Gasteiger partial charge in [-0.1, -0.05) is 69.3 Å². The number of nitrogens with one attached hydrogen (secondary N) is 2. The molecular weight excluding hydrogens is 420 g/mol. The van der Waals surface area contributed by atoms with Crippen molar-refractivity contribution in [3.8, 4) is 11.1 Å². The van der Waals surface area contributed by atoms with Gasteiger partial charge in [-0.15, -0.1) is 0 Å². The van der Waals surface area contributed by atoms with E-state index in [4.69, 9.17) is 4.74 Å². The number of carboxylic acid groups (broad SMARTS) is 1. The molecule has 2 aromatic rings. The number of fused-ring (bicyclic) bond motifs is 3. The Morgan fingerprint density at radius 2 is 1.52 bits per heavy atom. The highest BCUT2D eigenvalue weighted by molar-refractivity contribution is 5.84. The Bertz CT molecular complexity index is 982. The summed E-state index contributed by atoms with van der Waals surface area (Å²) < 4.78 is 5.53. The summed E-state index contributed by atoms with van der Waals surface area (Å²) in [5, 5.41) is 14.7. The minimum absolute atomic E-state index is 0.0189. The largest absolute Gasteiger partial charge is 0.480 e. The van der Waals surface area contributed by atoms with Gasteiger partial charge < -0.3 is 20.5 Å². The molecule has 2 atom stereocenters. The third-order valence-electron chi connectivity index (χ3n) is 5.93. The van der Waals surface area contributed by atoms with Crippen LogP contribution in [0.3, 0.4) is 0 Å². The lowest BCUT2D eigenvalue weighted by molar-refractivity contribution is -0.145. The predicted molar refractivity (Wildman–Crippen MR) is 126 cm³/mol. The number of alkyl carbamates (subject to hydrolysis) is 1.